The molecule has 2 spiro atoms. The van der Waals surface area contributed by atoms with Crippen LogP contribution >= 0.6 is 0 Å². The summed E-state index contributed by atoms with van der Waals surface area (Å²) in [6.45, 7) is 19.6. The number of rotatable bonds is 12. The fourth-order valence-corrected chi connectivity index (χ4v) is 19.4. The summed E-state index contributed by atoms with van der Waals surface area (Å²) in [6.07, 6.45) is 10.1. The maximum atomic E-state index is 13.0. The molecule has 9 aliphatic rings. The molecule has 8 saturated carbocycles. The molecule has 0 bridgehead atoms. The van der Waals surface area contributed by atoms with E-state index in [4.69, 9.17) is 48.0 Å². The molecule has 0 aromatic rings. The second-order valence-corrected chi connectivity index (χ2v) is 26.3. The van der Waals surface area contributed by atoms with Gasteiger partial charge in [0.1, 0.15) is 24.4 Å². The quantitative estimate of drug-likeness (QED) is 0.102. The summed E-state index contributed by atoms with van der Waals surface area (Å²) in [5.74, 6) is -2.87. The fraction of sp³-hybridized carbons (Fsp3) is 0.897. The highest BCUT2D eigenvalue weighted by Crippen LogP contribution is 2.73. The SMILES string of the molecule is COC(=O)CCC(C)C1CCC2C3C(OC(C)=O)C[C@@H]4CC5(CC[C@]4(C)C3C[C@H](OC(C)=O)[C@]12C)OOC1(CC[C@]2(C)C3C[C@H](OC(C)=O)[C@]4(C)C(C(C)CCC(=O)OC)CCC4C3C(OC(C)=O)C[C@@H]2C1)OO5. The van der Waals surface area contributed by atoms with Gasteiger partial charge < -0.3 is 28.4 Å². The molecule has 1 saturated heterocycles. The molecule has 16 nitrogen and oxygen atoms in total. The Labute approximate surface area is 438 Å². The van der Waals surface area contributed by atoms with Crippen LogP contribution in [0.1, 0.15) is 185 Å². The first-order valence-corrected chi connectivity index (χ1v) is 28.4. The smallest absolute Gasteiger partial charge is 0.305 e. The Bertz CT molecular complexity index is 2010. The van der Waals surface area contributed by atoms with Crippen molar-refractivity contribution in [2.45, 2.75) is 221 Å². The highest BCUT2D eigenvalue weighted by Gasteiger charge is 2.72. The molecule has 0 N–H and O–H groups in total. The lowest BCUT2D eigenvalue weighted by Crippen LogP contribution is -2.66. The largest absolute Gasteiger partial charge is 0.469 e. The third-order valence-corrected chi connectivity index (χ3v) is 23.0. The Kier molecular flexibility index (Phi) is 15.3. The standard InChI is InChI=1S/C58H88O16/c1-31(13-19-49(63)65-11)39-15-17-41-51-43(27-47(55(39,41)9)69-35(5)61)53(7)21-23-57(29-37(53)25-45(51)67-33(3)59)71-73-58(74-72-57)24-22-54(8)38(30-58)26-46(68-34(4)60)52-42-18-16-40(32(2)14-20-50(64)66-12)56(42,10)48(28-44(52)54)70-36(6)62/h31-32,37-48,51-52H,13-30H2,1-12H3/t31?,32?,37-,38-,39?,40?,41?,42?,43?,44?,45?,46?,47+,48+,51?,52?,53+,54+,55-,56-,57?,58?/m1/s1. The van der Waals surface area contributed by atoms with Crippen LogP contribution in [0.5, 0.6) is 0 Å². The van der Waals surface area contributed by atoms with Crippen molar-refractivity contribution in [3.63, 3.8) is 0 Å². The molecule has 74 heavy (non-hydrogen) atoms. The number of methoxy groups -OCH3 is 2. The average molecular weight is 1040 g/mol. The molecule has 416 valence electrons. The summed E-state index contributed by atoms with van der Waals surface area (Å²) in [4.78, 5) is 103. The van der Waals surface area contributed by atoms with Crippen molar-refractivity contribution in [1.29, 1.82) is 0 Å². The van der Waals surface area contributed by atoms with Crippen LogP contribution in [0.15, 0.2) is 0 Å². The number of fused-ring (bicyclic) bond motifs is 10. The molecule has 12 unspecified atom stereocenters. The predicted octanol–water partition coefficient (Wildman–Crippen LogP) is 9.95. The Balaban J connectivity index is 0.929. The molecule has 0 aromatic carbocycles. The maximum Gasteiger partial charge on any atom is 0.305 e. The van der Waals surface area contributed by atoms with Gasteiger partial charge in [0.2, 0.25) is 11.6 Å². The first-order chi connectivity index (χ1) is 34.9. The highest BCUT2D eigenvalue weighted by atomic mass is 17.4. The molecule has 20 atom stereocenters. The average Bonchev–Trinajstić information content (AvgIpc) is 3.89. The van der Waals surface area contributed by atoms with E-state index >= 15 is 0 Å². The first-order valence-electron chi connectivity index (χ1n) is 28.4. The molecule has 8 aliphatic carbocycles. The molecule has 1 aliphatic heterocycles. The highest BCUT2D eigenvalue weighted by molar-refractivity contribution is 5.69. The van der Waals surface area contributed by atoms with Gasteiger partial charge in [-0.3, -0.25) is 28.8 Å². The second kappa shape index (κ2) is 20.5. The van der Waals surface area contributed by atoms with Crippen LogP contribution in [0.4, 0.5) is 0 Å². The van der Waals surface area contributed by atoms with Crippen molar-refractivity contribution >= 4 is 35.8 Å². The van der Waals surface area contributed by atoms with Crippen LogP contribution in [0.25, 0.3) is 0 Å². The van der Waals surface area contributed by atoms with E-state index in [1.54, 1.807) is 0 Å². The van der Waals surface area contributed by atoms with Gasteiger partial charge in [0.05, 0.1) is 14.2 Å². The van der Waals surface area contributed by atoms with Gasteiger partial charge in [-0.05, 0) is 147 Å². The Morgan fingerprint density at radius 2 is 0.838 bits per heavy atom. The summed E-state index contributed by atoms with van der Waals surface area (Å²) >= 11 is 0. The summed E-state index contributed by atoms with van der Waals surface area (Å²) in [5.41, 5.74) is -1.24. The molecule has 9 rings (SSSR count). The summed E-state index contributed by atoms with van der Waals surface area (Å²) in [7, 11) is 2.83. The van der Waals surface area contributed by atoms with Crippen LogP contribution in [0, 0.1) is 92.7 Å². The summed E-state index contributed by atoms with van der Waals surface area (Å²) < 4.78 is 35.5. The van der Waals surface area contributed by atoms with Crippen molar-refractivity contribution in [2.24, 2.45) is 92.7 Å². The minimum Gasteiger partial charge on any atom is -0.469 e. The van der Waals surface area contributed by atoms with E-state index in [1.165, 1.54) is 41.9 Å². The Morgan fingerprint density at radius 1 is 0.486 bits per heavy atom. The minimum atomic E-state index is -1.20. The van der Waals surface area contributed by atoms with E-state index in [0.29, 0.717) is 77.0 Å². The summed E-state index contributed by atoms with van der Waals surface area (Å²) in [6, 6.07) is 0. The lowest BCUT2D eigenvalue weighted by atomic mass is 9.42. The molecule has 0 aromatic heterocycles. The predicted molar refractivity (Wildman–Crippen MR) is 265 cm³/mol. The van der Waals surface area contributed by atoms with Gasteiger partial charge in [0.15, 0.2) is 0 Å². The molecule has 0 amide bonds. The maximum absolute atomic E-state index is 13.0. The number of hydrogen-bond acceptors (Lipinski definition) is 16. The first kappa shape index (κ1) is 55.4. The van der Waals surface area contributed by atoms with Gasteiger partial charge in [0.25, 0.3) is 0 Å². The van der Waals surface area contributed by atoms with Crippen LogP contribution in [-0.4, -0.2) is 86.0 Å². The van der Waals surface area contributed by atoms with E-state index in [2.05, 4.69) is 41.5 Å². The van der Waals surface area contributed by atoms with Crippen LogP contribution in [0.2, 0.25) is 0 Å². The van der Waals surface area contributed by atoms with Gasteiger partial charge in [-0.1, -0.05) is 41.5 Å². The molecular weight excluding hydrogens is 953 g/mol. The molecule has 0 radical (unpaired) electrons. The van der Waals surface area contributed by atoms with Crippen LogP contribution in [0.3, 0.4) is 0 Å². The topological polar surface area (TPSA) is 195 Å². The number of esters is 6. The van der Waals surface area contributed by atoms with Gasteiger partial charge in [-0.15, -0.1) is 0 Å². The monoisotopic (exact) mass is 1040 g/mol. The van der Waals surface area contributed by atoms with E-state index in [9.17, 15) is 28.8 Å². The zero-order chi connectivity index (χ0) is 53.5. The Hall–Kier alpha value is -3.34. The van der Waals surface area contributed by atoms with Crippen molar-refractivity contribution in [1.82, 2.24) is 0 Å². The van der Waals surface area contributed by atoms with Gasteiger partial charge in [0, 0.05) is 88.9 Å². The molecule has 16 heteroatoms. The van der Waals surface area contributed by atoms with Crippen molar-refractivity contribution < 1.29 is 76.7 Å². The molecule has 1 heterocycles. The van der Waals surface area contributed by atoms with Gasteiger partial charge in [-0.2, -0.15) is 19.6 Å². The third-order valence-electron chi connectivity index (χ3n) is 23.0. The van der Waals surface area contributed by atoms with E-state index < -0.39 is 11.6 Å². The van der Waals surface area contributed by atoms with Crippen LogP contribution < -0.4 is 0 Å². The lowest BCUT2D eigenvalue weighted by molar-refractivity contribution is -0.667. The van der Waals surface area contributed by atoms with Crippen molar-refractivity contribution in [3.05, 3.63) is 0 Å². The fourth-order valence-electron chi connectivity index (χ4n) is 19.4. The normalized spacial score (nSPS) is 46.7. The zero-order valence-electron chi connectivity index (χ0n) is 46.5. The van der Waals surface area contributed by atoms with Gasteiger partial charge in [-0.25, -0.2) is 0 Å². The lowest BCUT2D eigenvalue weighted by Gasteiger charge is -2.66. The van der Waals surface area contributed by atoms with Crippen molar-refractivity contribution in [2.75, 3.05) is 14.2 Å². The third kappa shape index (κ3) is 9.42. The number of carbonyl (C=O) groups excluding carboxylic acids is 6. The van der Waals surface area contributed by atoms with Crippen molar-refractivity contribution in [3.8, 4) is 0 Å². The second-order valence-electron chi connectivity index (χ2n) is 26.3. The van der Waals surface area contributed by atoms with E-state index in [0.717, 1.165) is 38.5 Å². The summed E-state index contributed by atoms with van der Waals surface area (Å²) in [5, 5.41) is 0. The molecule has 9 fully saturated rings. The van der Waals surface area contributed by atoms with E-state index in [1.807, 2.05) is 0 Å². The number of carbonyl (C=O) groups is 6. The number of ether oxygens (including phenoxy) is 6. The Morgan fingerprint density at radius 3 is 1.16 bits per heavy atom. The minimum absolute atomic E-state index is 0.01000. The van der Waals surface area contributed by atoms with E-state index in [-0.39, 0.29) is 153 Å². The van der Waals surface area contributed by atoms with Crippen LogP contribution in [-0.2, 0) is 76.7 Å². The zero-order valence-corrected chi connectivity index (χ0v) is 46.5. The van der Waals surface area contributed by atoms with Gasteiger partial charge >= 0.3 is 35.8 Å². The molecular formula is C58H88O16. The number of hydrogen-bond donors (Lipinski definition) is 0.